The zero-order chi connectivity index (χ0) is 16.9. The maximum atomic E-state index is 5.55. The van der Waals surface area contributed by atoms with Crippen LogP contribution >= 0.6 is 0 Å². The number of nitrogen functional groups attached to an aromatic ring is 2. The summed E-state index contributed by atoms with van der Waals surface area (Å²) in [7, 11) is 0. The molecule has 4 N–H and O–H groups in total. The molecule has 0 fully saturated rings. The normalized spacial score (nSPS) is 10.1. The number of rotatable bonds is 2. The Morgan fingerprint density at radius 2 is 1.35 bits per heavy atom. The molecule has 0 aliphatic heterocycles. The van der Waals surface area contributed by atoms with Gasteiger partial charge in [0.15, 0.2) is 0 Å². The van der Waals surface area contributed by atoms with E-state index in [1.54, 1.807) is 0 Å². The lowest BCUT2D eigenvalue weighted by Gasteiger charge is -2.05. The molecule has 0 bridgehead atoms. The van der Waals surface area contributed by atoms with Crippen molar-refractivity contribution in [3.8, 4) is 0 Å². The summed E-state index contributed by atoms with van der Waals surface area (Å²) in [5.74, 6) is 3.77. The van der Waals surface area contributed by atoms with Gasteiger partial charge in [0.25, 0.3) is 0 Å². The van der Waals surface area contributed by atoms with Crippen molar-refractivity contribution in [1.82, 2.24) is 24.9 Å². The molecule has 0 spiro atoms. The summed E-state index contributed by atoms with van der Waals surface area (Å²) in [6.07, 6.45) is 0. The molecule has 7 nitrogen and oxygen atoms in total. The van der Waals surface area contributed by atoms with Crippen molar-refractivity contribution in [3.63, 3.8) is 0 Å². The molecule has 2 aromatic heterocycles. The summed E-state index contributed by atoms with van der Waals surface area (Å²) >= 11 is 0. The van der Waals surface area contributed by atoms with Gasteiger partial charge < -0.3 is 11.5 Å². The van der Waals surface area contributed by atoms with E-state index in [4.69, 9.17) is 11.5 Å². The van der Waals surface area contributed by atoms with Crippen molar-refractivity contribution in [2.45, 2.75) is 60.8 Å². The van der Waals surface area contributed by atoms with Crippen LogP contribution in [0.25, 0.3) is 0 Å². The van der Waals surface area contributed by atoms with Gasteiger partial charge >= 0.3 is 0 Å². The van der Waals surface area contributed by atoms with Crippen LogP contribution in [0, 0.1) is 13.8 Å². The first-order chi connectivity index (χ1) is 10.2. The van der Waals surface area contributed by atoms with Crippen LogP contribution in [0.3, 0.4) is 0 Å². The second kappa shape index (κ2) is 8.97. The van der Waals surface area contributed by atoms with Crippen LogP contribution in [0.15, 0.2) is 6.07 Å². The van der Waals surface area contributed by atoms with Gasteiger partial charge in [-0.05, 0) is 19.8 Å². The van der Waals surface area contributed by atoms with Gasteiger partial charge in [-0.25, -0.2) is 15.0 Å². The molecule has 0 unspecified atom stereocenters. The van der Waals surface area contributed by atoms with E-state index in [0.29, 0.717) is 29.4 Å². The van der Waals surface area contributed by atoms with Gasteiger partial charge in [0.1, 0.15) is 23.3 Å². The molecule has 0 amide bonds. The first-order valence-electron chi connectivity index (χ1n) is 7.28. The third kappa shape index (κ3) is 6.99. The molecular formula is C16H29N7. The molecule has 0 aliphatic rings. The zero-order valence-corrected chi connectivity index (χ0v) is 14.1. The van der Waals surface area contributed by atoms with E-state index in [1.165, 1.54) is 0 Å². The van der Waals surface area contributed by atoms with Crippen LogP contribution in [0.1, 0.15) is 70.1 Å². The molecule has 2 heterocycles. The Bertz CT molecular complexity index is 528. The molecule has 0 radical (unpaired) electrons. The minimum absolute atomic E-state index is 0. The predicted molar refractivity (Wildman–Crippen MR) is 95.1 cm³/mol. The van der Waals surface area contributed by atoms with Crippen LogP contribution in [0.5, 0.6) is 0 Å². The summed E-state index contributed by atoms with van der Waals surface area (Å²) in [4.78, 5) is 20.2. The Morgan fingerprint density at radius 3 is 1.78 bits per heavy atom. The molecule has 0 aromatic carbocycles. The van der Waals surface area contributed by atoms with Crippen LogP contribution < -0.4 is 11.5 Å². The molecule has 0 aliphatic carbocycles. The van der Waals surface area contributed by atoms with Crippen molar-refractivity contribution >= 4 is 11.8 Å². The molecule has 2 rings (SSSR count). The van der Waals surface area contributed by atoms with Gasteiger partial charge in [-0.15, -0.1) is 0 Å². The average Bonchev–Trinajstić information content (AvgIpc) is 2.37. The number of anilines is 2. The number of hydrogen-bond acceptors (Lipinski definition) is 7. The maximum Gasteiger partial charge on any atom is 0.223 e. The van der Waals surface area contributed by atoms with Crippen molar-refractivity contribution in [3.05, 3.63) is 29.2 Å². The van der Waals surface area contributed by atoms with Crippen LogP contribution in [0.2, 0.25) is 0 Å². The van der Waals surface area contributed by atoms with Gasteiger partial charge in [-0.1, -0.05) is 35.1 Å². The lowest BCUT2D eigenvalue weighted by Crippen LogP contribution is -2.05. The number of nitrogens with zero attached hydrogens (tertiary/aromatic N) is 5. The minimum Gasteiger partial charge on any atom is -0.384 e. The summed E-state index contributed by atoms with van der Waals surface area (Å²) < 4.78 is 0. The Morgan fingerprint density at radius 1 is 0.783 bits per heavy atom. The van der Waals surface area contributed by atoms with Crippen LogP contribution in [0.4, 0.5) is 11.8 Å². The summed E-state index contributed by atoms with van der Waals surface area (Å²) in [6, 6.07) is 1.82. The van der Waals surface area contributed by atoms with E-state index in [2.05, 4.69) is 38.8 Å². The molecular weight excluding hydrogens is 290 g/mol. The first-order valence-corrected chi connectivity index (χ1v) is 7.28. The standard InChI is InChI=1S/C8H13N3.C7H12N4.CH4/c1-5(2)7-4-8(9)11-6(3)10-7;1-4(2)6-9-5(3)10-7(8)11-6;/h4-5H,1-3H3,(H2,9,10,11);4H,1-3H3,(H2,8,9,10,11);1H4. The highest BCUT2D eigenvalue weighted by Gasteiger charge is 2.04. The molecule has 0 atom stereocenters. The topological polar surface area (TPSA) is 116 Å². The molecule has 0 saturated carbocycles. The SMILES string of the molecule is C.Cc1nc(N)cc(C(C)C)n1.Cc1nc(N)nc(C(C)C)n1. The van der Waals surface area contributed by atoms with Gasteiger partial charge in [-0.3, -0.25) is 0 Å². The van der Waals surface area contributed by atoms with Crippen molar-refractivity contribution < 1.29 is 0 Å². The second-order valence-corrected chi connectivity index (χ2v) is 5.67. The van der Waals surface area contributed by atoms with E-state index < -0.39 is 0 Å². The summed E-state index contributed by atoms with van der Waals surface area (Å²) in [5, 5.41) is 0. The highest BCUT2D eigenvalue weighted by atomic mass is 15.1. The molecule has 7 heteroatoms. The molecule has 23 heavy (non-hydrogen) atoms. The van der Waals surface area contributed by atoms with Crippen molar-refractivity contribution in [2.75, 3.05) is 11.5 Å². The number of hydrogen-bond donors (Lipinski definition) is 2. The van der Waals surface area contributed by atoms with Crippen molar-refractivity contribution in [1.29, 1.82) is 0 Å². The smallest absolute Gasteiger partial charge is 0.223 e. The Balaban J connectivity index is 0.000000403. The highest BCUT2D eigenvalue weighted by molar-refractivity contribution is 5.30. The Kier molecular flexibility index (Phi) is 8.07. The number of aryl methyl sites for hydroxylation is 2. The van der Waals surface area contributed by atoms with E-state index in [0.717, 1.165) is 17.3 Å². The maximum absolute atomic E-state index is 5.55. The quantitative estimate of drug-likeness (QED) is 0.873. The average molecular weight is 319 g/mol. The predicted octanol–water partition coefficient (Wildman–Crippen LogP) is 3.01. The third-order valence-corrected chi connectivity index (χ3v) is 2.77. The van der Waals surface area contributed by atoms with Gasteiger partial charge in [0.05, 0.1) is 0 Å². The van der Waals surface area contributed by atoms with Crippen LogP contribution in [-0.2, 0) is 0 Å². The molecule has 2 aromatic rings. The second-order valence-electron chi connectivity index (χ2n) is 5.67. The first kappa shape index (κ1) is 20.7. The zero-order valence-electron chi connectivity index (χ0n) is 14.1. The van der Waals surface area contributed by atoms with E-state index in [-0.39, 0.29) is 7.43 Å². The van der Waals surface area contributed by atoms with Gasteiger partial charge in [0, 0.05) is 17.7 Å². The summed E-state index contributed by atoms with van der Waals surface area (Å²) in [5.41, 5.74) is 12.0. The van der Waals surface area contributed by atoms with E-state index in [9.17, 15) is 0 Å². The monoisotopic (exact) mass is 319 g/mol. The highest BCUT2D eigenvalue weighted by Crippen LogP contribution is 2.13. The Hall–Kier alpha value is -2.31. The van der Waals surface area contributed by atoms with E-state index >= 15 is 0 Å². The fourth-order valence-electron chi connectivity index (χ4n) is 1.69. The molecule has 128 valence electrons. The lowest BCUT2D eigenvalue weighted by atomic mass is 10.1. The van der Waals surface area contributed by atoms with Crippen molar-refractivity contribution in [2.24, 2.45) is 0 Å². The number of nitrogens with two attached hydrogens (primary N) is 2. The Labute approximate surface area is 139 Å². The number of aromatic nitrogens is 5. The van der Waals surface area contributed by atoms with Crippen LogP contribution in [-0.4, -0.2) is 24.9 Å². The third-order valence-electron chi connectivity index (χ3n) is 2.77. The van der Waals surface area contributed by atoms with Gasteiger partial charge in [0.2, 0.25) is 5.95 Å². The summed E-state index contributed by atoms with van der Waals surface area (Å²) in [6.45, 7) is 11.9. The fourth-order valence-corrected chi connectivity index (χ4v) is 1.69. The minimum atomic E-state index is 0. The van der Waals surface area contributed by atoms with E-state index in [1.807, 2.05) is 33.8 Å². The van der Waals surface area contributed by atoms with Gasteiger partial charge in [-0.2, -0.15) is 9.97 Å². The fraction of sp³-hybridized carbons (Fsp3) is 0.562. The largest absolute Gasteiger partial charge is 0.384 e. The molecule has 0 saturated heterocycles. The lowest BCUT2D eigenvalue weighted by molar-refractivity contribution is 0.751.